The van der Waals surface area contributed by atoms with Crippen molar-refractivity contribution in [3.63, 3.8) is 0 Å². The third-order valence-corrected chi connectivity index (χ3v) is 5.45. The highest BCUT2D eigenvalue weighted by molar-refractivity contribution is 14.1. The summed E-state index contributed by atoms with van der Waals surface area (Å²) in [4.78, 5) is 22.3. The van der Waals surface area contributed by atoms with E-state index in [2.05, 4.69) is 32.6 Å². The summed E-state index contributed by atoms with van der Waals surface area (Å²) >= 11 is 8.49. The normalized spacial score (nSPS) is 13.3. The summed E-state index contributed by atoms with van der Waals surface area (Å²) in [5, 5.41) is 0.857. The smallest absolute Gasteiger partial charge is 0.322 e. The number of fused-ring (bicyclic) bond motifs is 1. The quantitative estimate of drug-likeness (QED) is 0.260. The van der Waals surface area contributed by atoms with Gasteiger partial charge >= 0.3 is 5.97 Å². The molecule has 1 atom stereocenters. The molecular formula is C21H20ClIN2O3. The minimum atomic E-state index is -1.16. The van der Waals surface area contributed by atoms with Crippen molar-refractivity contribution in [2.45, 2.75) is 18.8 Å². The van der Waals surface area contributed by atoms with Gasteiger partial charge in [0.25, 0.3) is 0 Å². The Morgan fingerprint density at radius 2 is 1.93 bits per heavy atom. The molecule has 1 heterocycles. The van der Waals surface area contributed by atoms with E-state index in [1.807, 2.05) is 48.5 Å². The fourth-order valence-corrected chi connectivity index (χ4v) is 4.01. The van der Waals surface area contributed by atoms with Crippen LogP contribution in [0.3, 0.4) is 0 Å². The van der Waals surface area contributed by atoms with Crippen LogP contribution < -0.4 is 0 Å². The molecule has 1 aromatic heterocycles. The average Bonchev–Trinajstić information content (AvgIpc) is 2.70. The van der Waals surface area contributed by atoms with Gasteiger partial charge in [0.2, 0.25) is 5.28 Å². The molecule has 1 unspecified atom stereocenters. The summed E-state index contributed by atoms with van der Waals surface area (Å²) in [7, 11) is 1.61. The second-order valence-corrected chi connectivity index (χ2v) is 7.82. The third kappa shape index (κ3) is 3.99. The molecular weight excluding hydrogens is 491 g/mol. The Morgan fingerprint density at radius 1 is 1.18 bits per heavy atom. The predicted octanol–water partition coefficient (Wildman–Crippen LogP) is 4.77. The van der Waals surface area contributed by atoms with Crippen molar-refractivity contribution in [3.05, 3.63) is 68.6 Å². The molecule has 0 saturated heterocycles. The second kappa shape index (κ2) is 9.15. The van der Waals surface area contributed by atoms with Crippen molar-refractivity contribution in [1.29, 1.82) is 0 Å². The van der Waals surface area contributed by atoms with Gasteiger partial charge in [-0.3, -0.25) is 4.79 Å². The number of esters is 1. The zero-order valence-corrected chi connectivity index (χ0v) is 18.5. The summed E-state index contributed by atoms with van der Waals surface area (Å²) < 4.78 is 11.9. The molecule has 0 aliphatic heterocycles. The van der Waals surface area contributed by atoms with Crippen molar-refractivity contribution in [2.24, 2.45) is 0 Å². The van der Waals surface area contributed by atoms with Crippen molar-refractivity contribution in [1.82, 2.24) is 9.97 Å². The molecule has 0 aliphatic carbocycles. The number of nitrogens with zero attached hydrogens (tertiary/aromatic N) is 2. The lowest BCUT2D eigenvalue weighted by molar-refractivity contribution is -0.149. The fourth-order valence-electron chi connectivity index (χ4n) is 3.35. The first-order chi connectivity index (χ1) is 13.5. The Bertz CT molecular complexity index is 984. The van der Waals surface area contributed by atoms with Crippen LogP contribution in [0.1, 0.15) is 24.6 Å². The van der Waals surface area contributed by atoms with Crippen molar-refractivity contribution in [3.8, 4) is 0 Å². The van der Waals surface area contributed by atoms with Crippen LogP contribution in [0.5, 0.6) is 0 Å². The van der Waals surface area contributed by atoms with Crippen LogP contribution in [0.4, 0.5) is 0 Å². The van der Waals surface area contributed by atoms with Crippen LogP contribution in [-0.2, 0) is 19.7 Å². The number of halogens is 2. The maximum absolute atomic E-state index is 13.4. The molecule has 3 aromatic rings. The van der Waals surface area contributed by atoms with E-state index in [4.69, 9.17) is 21.1 Å². The molecule has 2 aromatic carbocycles. The molecule has 0 spiro atoms. The molecule has 5 nitrogen and oxygen atoms in total. The van der Waals surface area contributed by atoms with E-state index in [0.29, 0.717) is 24.2 Å². The fraction of sp³-hybridized carbons (Fsp3) is 0.286. The van der Waals surface area contributed by atoms with Crippen LogP contribution in [0.15, 0.2) is 48.5 Å². The maximum atomic E-state index is 13.4. The van der Waals surface area contributed by atoms with E-state index < -0.39 is 5.41 Å². The standard InChI is InChI=1S/C21H20ClIN2O3/c1-3-28-19(26)21(11-12-27-2,14-7-5-4-6-8-14)18-16-13-15(23)9-10-17(16)24-20(22)25-18/h4-10,13H,3,11-12H2,1-2H3. The van der Waals surface area contributed by atoms with Gasteiger partial charge in [-0.1, -0.05) is 30.3 Å². The summed E-state index contributed by atoms with van der Waals surface area (Å²) in [5.74, 6) is -0.381. The van der Waals surface area contributed by atoms with Gasteiger partial charge in [0.05, 0.1) is 17.8 Å². The van der Waals surface area contributed by atoms with Gasteiger partial charge in [-0.15, -0.1) is 0 Å². The lowest BCUT2D eigenvalue weighted by Crippen LogP contribution is -2.41. The molecule has 146 valence electrons. The number of carbonyl (C=O) groups excluding carboxylic acids is 1. The Morgan fingerprint density at radius 3 is 2.61 bits per heavy atom. The van der Waals surface area contributed by atoms with Crippen molar-refractivity contribution >= 4 is 51.1 Å². The molecule has 0 amide bonds. The number of hydrogen-bond acceptors (Lipinski definition) is 5. The summed E-state index contributed by atoms with van der Waals surface area (Å²) in [6, 6.07) is 15.3. The van der Waals surface area contributed by atoms with E-state index >= 15 is 0 Å². The monoisotopic (exact) mass is 510 g/mol. The molecule has 0 aliphatic rings. The van der Waals surface area contributed by atoms with Crippen LogP contribution in [0, 0.1) is 3.57 Å². The Balaban J connectivity index is 2.40. The largest absolute Gasteiger partial charge is 0.465 e. The Hall–Kier alpha value is -1.77. The van der Waals surface area contributed by atoms with E-state index in [1.165, 1.54) is 0 Å². The molecule has 7 heteroatoms. The topological polar surface area (TPSA) is 61.3 Å². The van der Waals surface area contributed by atoms with Crippen LogP contribution in [0.25, 0.3) is 10.9 Å². The van der Waals surface area contributed by atoms with Gasteiger partial charge in [-0.2, -0.15) is 0 Å². The zero-order valence-electron chi connectivity index (χ0n) is 15.6. The molecule has 0 radical (unpaired) electrons. The number of methoxy groups -OCH3 is 1. The van der Waals surface area contributed by atoms with Gasteiger partial charge < -0.3 is 9.47 Å². The van der Waals surface area contributed by atoms with Gasteiger partial charge in [-0.05, 0) is 71.3 Å². The molecule has 0 bridgehead atoms. The highest BCUT2D eigenvalue weighted by Crippen LogP contribution is 2.40. The van der Waals surface area contributed by atoms with E-state index in [0.717, 1.165) is 14.5 Å². The number of aromatic nitrogens is 2. The predicted molar refractivity (Wildman–Crippen MR) is 118 cm³/mol. The first kappa shape index (κ1) is 21.0. The molecule has 0 fully saturated rings. The van der Waals surface area contributed by atoms with Crippen LogP contribution in [-0.4, -0.2) is 36.3 Å². The number of hydrogen-bond donors (Lipinski definition) is 0. The number of rotatable bonds is 7. The minimum Gasteiger partial charge on any atom is -0.465 e. The van der Waals surface area contributed by atoms with E-state index in [-0.39, 0.29) is 17.9 Å². The minimum absolute atomic E-state index is 0.0886. The zero-order chi connectivity index (χ0) is 20.1. The van der Waals surface area contributed by atoms with E-state index in [1.54, 1.807) is 14.0 Å². The lowest BCUT2D eigenvalue weighted by Gasteiger charge is -2.32. The number of carbonyl (C=O) groups is 1. The summed E-state index contributed by atoms with van der Waals surface area (Å²) in [6.07, 6.45) is 0.361. The molecule has 28 heavy (non-hydrogen) atoms. The maximum Gasteiger partial charge on any atom is 0.322 e. The van der Waals surface area contributed by atoms with E-state index in [9.17, 15) is 4.79 Å². The third-order valence-electron chi connectivity index (χ3n) is 4.61. The van der Waals surface area contributed by atoms with Crippen LogP contribution >= 0.6 is 34.2 Å². The highest BCUT2D eigenvalue weighted by Gasteiger charge is 2.46. The van der Waals surface area contributed by atoms with Crippen LogP contribution in [0.2, 0.25) is 5.28 Å². The first-order valence-electron chi connectivity index (χ1n) is 8.88. The Kier molecular flexibility index (Phi) is 6.85. The Labute approximate surface area is 182 Å². The van der Waals surface area contributed by atoms with Gasteiger partial charge in [0.1, 0.15) is 5.41 Å². The van der Waals surface area contributed by atoms with Gasteiger partial charge in [-0.25, -0.2) is 9.97 Å². The SMILES string of the molecule is CCOC(=O)C(CCOC)(c1ccccc1)c1nc(Cl)nc2ccc(I)cc12. The first-order valence-corrected chi connectivity index (χ1v) is 10.3. The number of benzene rings is 2. The average molecular weight is 511 g/mol. The van der Waals surface area contributed by atoms with Gasteiger partial charge in [0, 0.05) is 22.7 Å². The second-order valence-electron chi connectivity index (χ2n) is 6.24. The van der Waals surface area contributed by atoms with Crippen molar-refractivity contribution < 1.29 is 14.3 Å². The summed E-state index contributed by atoms with van der Waals surface area (Å²) in [5.41, 5.74) is 0.823. The van der Waals surface area contributed by atoms with Crippen molar-refractivity contribution in [2.75, 3.05) is 20.3 Å². The molecule has 0 saturated carbocycles. The molecule has 3 rings (SSSR count). The lowest BCUT2D eigenvalue weighted by atomic mass is 9.73. The summed E-state index contributed by atoms with van der Waals surface area (Å²) in [6.45, 7) is 2.40. The van der Waals surface area contributed by atoms with Gasteiger partial charge in [0.15, 0.2) is 0 Å². The molecule has 0 N–H and O–H groups in total. The highest BCUT2D eigenvalue weighted by atomic mass is 127. The number of ether oxygens (including phenoxy) is 2.